The first-order valence-corrected chi connectivity index (χ1v) is 7.36. The minimum Gasteiger partial charge on any atom is -0.384 e. The third kappa shape index (κ3) is 2.53. The number of halogens is 1. The summed E-state index contributed by atoms with van der Waals surface area (Å²) in [6.45, 7) is 3.33. The van der Waals surface area contributed by atoms with Crippen molar-refractivity contribution in [1.82, 2.24) is 9.78 Å². The first-order chi connectivity index (χ1) is 9.65. The summed E-state index contributed by atoms with van der Waals surface area (Å²) in [7, 11) is 1.85. The van der Waals surface area contributed by atoms with Crippen LogP contribution < -0.4 is 10.6 Å². The molecule has 0 atom stereocenters. The highest BCUT2D eigenvalue weighted by Crippen LogP contribution is 2.33. The van der Waals surface area contributed by atoms with Crippen molar-refractivity contribution in [3.63, 3.8) is 0 Å². The second-order valence-electron chi connectivity index (χ2n) is 4.84. The normalized spacial score (nSPS) is 15.6. The Labute approximate surface area is 126 Å². The van der Waals surface area contributed by atoms with E-state index < -0.39 is 0 Å². The number of rotatable bonds is 2. The topological polar surface area (TPSA) is 56.3 Å². The zero-order chi connectivity index (χ0) is 14.1. The van der Waals surface area contributed by atoms with Crippen LogP contribution in [-0.4, -0.2) is 36.1 Å². The summed E-state index contributed by atoms with van der Waals surface area (Å²) >= 11 is 3.53. The van der Waals surface area contributed by atoms with E-state index in [0.29, 0.717) is 5.82 Å². The number of nitrogen functional groups attached to an aromatic ring is 1. The lowest BCUT2D eigenvalue weighted by molar-refractivity contribution is 0.123. The molecule has 0 bridgehead atoms. The Bertz CT molecular complexity index is 600. The minimum absolute atomic E-state index is 0.660. The van der Waals surface area contributed by atoms with Crippen molar-refractivity contribution in [1.29, 1.82) is 0 Å². The quantitative estimate of drug-likeness (QED) is 0.913. The number of aryl methyl sites for hydroxylation is 1. The maximum Gasteiger partial charge on any atom is 0.121 e. The van der Waals surface area contributed by atoms with Crippen LogP contribution in [0, 0.1) is 0 Å². The number of nitrogens with zero attached hydrogens (tertiary/aromatic N) is 3. The fourth-order valence-electron chi connectivity index (χ4n) is 2.41. The van der Waals surface area contributed by atoms with Crippen LogP contribution in [0.4, 0.5) is 11.5 Å². The van der Waals surface area contributed by atoms with Gasteiger partial charge in [-0.25, -0.2) is 0 Å². The molecule has 1 aliphatic heterocycles. The van der Waals surface area contributed by atoms with Gasteiger partial charge in [-0.1, -0.05) is 15.9 Å². The highest BCUT2D eigenvalue weighted by Gasteiger charge is 2.17. The first-order valence-electron chi connectivity index (χ1n) is 6.57. The Hall–Kier alpha value is -1.53. The van der Waals surface area contributed by atoms with Crippen molar-refractivity contribution in [3.8, 4) is 11.3 Å². The maximum absolute atomic E-state index is 5.90. The summed E-state index contributed by atoms with van der Waals surface area (Å²) in [5, 5.41) is 4.49. The van der Waals surface area contributed by atoms with Crippen LogP contribution in [0.3, 0.4) is 0 Å². The van der Waals surface area contributed by atoms with Crippen molar-refractivity contribution in [2.45, 2.75) is 0 Å². The smallest absolute Gasteiger partial charge is 0.121 e. The number of nitrogens with two attached hydrogens (primary N) is 1. The van der Waals surface area contributed by atoms with Crippen molar-refractivity contribution < 1.29 is 4.74 Å². The molecule has 2 N–H and O–H groups in total. The molecule has 6 heteroatoms. The van der Waals surface area contributed by atoms with Gasteiger partial charge in [-0.3, -0.25) is 4.68 Å². The molecule has 2 heterocycles. The van der Waals surface area contributed by atoms with Crippen LogP contribution in [0.5, 0.6) is 0 Å². The maximum atomic E-state index is 5.90. The van der Waals surface area contributed by atoms with Gasteiger partial charge in [-0.2, -0.15) is 5.10 Å². The molecule has 20 heavy (non-hydrogen) atoms. The summed E-state index contributed by atoms with van der Waals surface area (Å²) < 4.78 is 8.15. The van der Waals surface area contributed by atoms with E-state index in [1.54, 1.807) is 4.68 Å². The van der Waals surface area contributed by atoms with Gasteiger partial charge in [-0.05, 0) is 18.2 Å². The van der Waals surface area contributed by atoms with Crippen LogP contribution in [-0.2, 0) is 11.8 Å². The monoisotopic (exact) mass is 336 g/mol. The molecule has 106 valence electrons. The molecule has 0 saturated carbocycles. The average molecular weight is 337 g/mol. The fraction of sp³-hybridized carbons (Fsp3) is 0.357. The van der Waals surface area contributed by atoms with Crippen molar-refractivity contribution in [3.05, 3.63) is 28.7 Å². The number of aromatic nitrogens is 2. The average Bonchev–Trinajstić information content (AvgIpc) is 2.79. The van der Waals surface area contributed by atoms with E-state index in [1.165, 1.54) is 5.69 Å². The molecule has 0 spiro atoms. The number of ether oxygens (including phenoxy) is 1. The highest BCUT2D eigenvalue weighted by molar-refractivity contribution is 9.10. The molecular weight excluding hydrogens is 320 g/mol. The van der Waals surface area contributed by atoms with Gasteiger partial charge in [0, 0.05) is 41.9 Å². The Morgan fingerprint density at radius 2 is 2.00 bits per heavy atom. The van der Waals surface area contributed by atoms with Gasteiger partial charge in [0.05, 0.1) is 18.9 Å². The van der Waals surface area contributed by atoms with Crippen molar-refractivity contribution in [2.24, 2.45) is 7.05 Å². The van der Waals surface area contributed by atoms with Crippen molar-refractivity contribution >= 4 is 27.4 Å². The third-order valence-corrected chi connectivity index (χ3v) is 4.00. The molecule has 0 amide bonds. The van der Waals surface area contributed by atoms with E-state index in [0.717, 1.165) is 42.0 Å². The Balaban J connectivity index is 2.05. The van der Waals surface area contributed by atoms with Gasteiger partial charge in [0.15, 0.2) is 0 Å². The molecule has 1 aliphatic rings. The predicted octanol–water partition coefficient (Wildman–Crippen LogP) is 2.27. The van der Waals surface area contributed by atoms with Gasteiger partial charge < -0.3 is 15.4 Å². The number of anilines is 2. The zero-order valence-corrected chi connectivity index (χ0v) is 12.9. The van der Waals surface area contributed by atoms with Crippen LogP contribution in [0.1, 0.15) is 0 Å². The summed E-state index contributed by atoms with van der Waals surface area (Å²) in [5.41, 5.74) is 9.06. The molecule has 1 aromatic heterocycles. The lowest BCUT2D eigenvalue weighted by Crippen LogP contribution is -2.36. The Morgan fingerprint density at radius 1 is 1.25 bits per heavy atom. The number of benzene rings is 1. The number of morpholine rings is 1. The molecule has 5 nitrogen and oxygen atoms in total. The lowest BCUT2D eigenvalue weighted by atomic mass is 10.1. The summed E-state index contributed by atoms with van der Waals surface area (Å²) in [6.07, 6.45) is 0. The molecule has 0 radical (unpaired) electrons. The van der Waals surface area contributed by atoms with Crippen LogP contribution in [0.2, 0.25) is 0 Å². The Morgan fingerprint density at radius 3 is 2.65 bits per heavy atom. The number of hydrogen-bond donors (Lipinski definition) is 1. The van der Waals surface area contributed by atoms with E-state index in [-0.39, 0.29) is 0 Å². The van der Waals surface area contributed by atoms with E-state index in [1.807, 2.05) is 13.1 Å². The van der Waals surface area contributed by atoms with E-state index >= 15 is 0 Å². The van der Waals surface area contributed by atoms with Gasteiger partial charge in [0.2, 0.25) is 0 Å². The third-order valence-electron chi connectivity index (χ3n) is 3.50. The molecule has 0 aliphatic carbocycles. The van der Waals surface area contributed by atoms with Crippen LogP contribution >= 0.6 is 15.9 Å². The zero-order valence-electron chi connectivity index (χ0n) is 11.3. The number of hydrogen-bond acceptors (Lipinski definition) is 4. The van der Waals surface area contributed by atoms with Gasteiger partial charge in [-0.15, -0.1) is 0 Å². The summed E-state index contributed by atoms with van der Waals surface area (Å²) in [6, 6.07) is 8.18. The van der Waals surface area contributed by atoms with E-state index in [2.05, 4.69) is 44.1 Å². The predicted molar refractivity (Wildman–Crippen MR) is 83.8 cm³/mol. The molecule has 0 unspecified atom stereocenters. The minimum atomic E-state index is 0.660. The Kier molecular flexibility index (Phi) is 3.67. The summed E-state index contributed by atoms with van der Waals surface area (Å²) in [4.78, 5) is 2.33. The molecule has 1 fully saturated rings. The SMILES string of the molecule is Cn1nc(-c2cc(Br)ccc2N2CCOCC2)cc1N. The molecular formula is C14H17BrN4O. The van der Waals surface area contributed by atoms with Crippen molar-refractivity contribution in [2.75, 3.05) is 36.9 Å². The second-order valence-corrected chi connectivity index (χ2v) is 5.75. The van der Waals surface area contributed by atoms with E-state index in [4.69, 9.17) is 10.5 Å². The molecule has 2 aromatic rings. The second kappa shape index (κ2) is 5.46. The largest absolute Gasteiger partial charge is 0.384 e. The standard InChI is InChI=1S/C14H17BrN4O/c1-18-14(16)9-12(17-18)11-8-10(15)2-3-13(11)19-4-6-20-7-5-19/h2-3,8-9H,4-7,16H2,1H3. The first kappa shape index (κ1) is 13.5. The van der Waals surface area contributed by atoms with E-state index in [9.17, 15) is 0 Å². The van der Waals surface area contributed by atoms with Gasteiger partial charge >= 0.3 is 0 Å². The summed E-state index contributed by atoms with van der Waals surface area (Å²) in [5.74, 6) is 0.660. The highest BCUT2D eigenvalue weighted by atomic mass is 79.9. The molecule has 3 rings (SSSR count). The van der Waals surface area contributed by atoms with Crippen LogP contribution in [0.25, 0.3) is 11.3 Å². The molecule has 1 aromatic carbocycles. The van der Waals surface area contributed by atoms with Crippen LogP contribution in [0.15, 0.2) is 28.7 Å². The van der Waals surface area contributed by atoms with Gasteiger partial charge in [0.25, 0.3) is 0 Å². The van der Waals surface area contributed by atoms with Gasteiger partial charge in [0.1, 0.15) is 5.82 Å². The lowest BCUT2D eigenvalue weighted by Gasteiger charge is -2.30. The fourth-order valence-corrected chi connectivity index (χ4v) is 2.77. The molecule has 1 saturated heterocycles.